The number of methoxy groups -OCH3 is 1. The number of hydrogen-bond donors (Lipinski definition) is 9. The third kappa shape index (κ3) is 55.7. The van der Waals surface area contributed by atoms with Gasteiger partial charge in [0.2, 0.25) is 41.5 Å². The smallest absolute Gasteiger partial charge is 0.407 e. The first-order chi connectivity index (χ1) is 72.3. The van der Waals surface area contributed by atoms with Crippen molar-refractivity contribution in [2.24, 2.45) is 71.0 Å². The lowest BCUT2D eigenvalue weighted by Gasteiger charge is -2.27. The lowest BCUT2D eigenvalue weighted by molar-refractivity contribution is -0.140. The van der Waals surface area contributed by atoms with Crippen molar-refractivity contribution >= 4 is 71.8 Å². The van der Waals surface area contributed by atoms with E-state index in [4.69, 9.17) is 114 Å². The van der Waals surface area contributed by atoms with Crippen molar-refractivity contribution in [2.75, 3.05) is 345 Å². The van der Waals surface area contributed by atoms with Gasteiger partial charge in [-0.2, -0.15) is 15.0 Å². The van der Waals surface area contributed by atoms with E-state index in [1.54, 1.807) is 0 Å². The third-order valence-corrected chi connectivity index (χ3v) is 26.2. The predicted octanol–water partition coefficient (Wildman–Crippen LogP) is 4.41. The summed E-state index contributed by atoms with van der Waals surface area (Å²) in [6, 6.07) is 0. The average molecular weight is 2080 g/mol. The van der Waals surface area contributed by atoms with Gasteiger partial charge in [0.05, 0.1) is 251 Å². The highest BCUT2D eigenvalue weighted by Gasteiger charge is 2.52. The molecule has 0 aliphatic heterocycles. The fourth-order valence-electron chi connectivity index (χ4n) is 18.0. The zero-order chi connectivity index (χ0) is 103. The van der Waals surface area contributed by atoms with E-state index in [0.29, 0.717) is 177 Å². The molecule has 1 aromatic rings. The van der Waals surface area contributed by atoms with Crippen LogP contribution >= 0.6 is 0 Å². The Kier molecular flexibility index (Phi) is 64.0. The normalized spacial score (nSPS) is 20.4. The third-order valence-electron chi connectivity index (χ3n) is 26.2. The molecule has 0 spiro atoms. The first-order valence-electron chi connectivity index (χ1n) is 53.1. The van der Waals surface area contributed by atoms with Crippen molar-refractivity contribution in [3.05, 3.63) is 0 Å². The molecule has 44 heteroatoms. The number of rotatable bonds is 86. The number of anilines is 3. The zero-order valence-electron chi connectivity index (χ0n) is 86.4. The molecule has 0 unspecified atom stereocenters. The van der Waals surface area contributed by atoms with Crippen LogP contribution in [-0.2, 0) is 123 Å². The van der Waals surface area contributed by atoms with Crippen LogP contribution < -0.4 is 57.7 Å². The standard InChI is InChI=1S/C103H164N14O30/c1-127-96(122)26-31-108-97-113-98(116(40-48-132-56-64-140-72-68-136-60-52-128-44-27-92(118)104-32-36-109-100(123)144-76-88-80-18-10-2-3-11-19-81(80)88)41-49-133-57-65-141-73-69-137-61-53-129-45-28-93(119)105-33-37-110-101(124)145-77-89-82-20-12-4-5-13-21-83(82)89)115-99(114-97)117(42-50-134-58-66-142-74-70-138-62-54-130-46-29-94(120)106-34-38-111-102(125)146-78-90-84-22-14-6-7-15-23-85(84)90)43-51-135-59-67-143-75-71-139-63-55-131-47-30-95(121)107-35-39-112-103(126)147-79-91-86-24-16-8-9-17-25-87(86)91/h80-91H,10-79H2,1H3,(H,104,118)(H,105,119)(H,106,120)(H,107,121)(H,109,123)(H,110,124)(H,111,125)(H,112,126)(H,108,113,114,115)/t80-,81+,82-,83+,84-,85+,86-,87+,88+,89+,90+,91+. The summed E-state index contributed by atoms with van der Waals surface area (Å²) in [4.78, 5) is 130. The maximum atomic E-state index is 12.4. The van der Waals surface area contributed by atoms with Crippen LogP contribution in [-0.4, -0.2) is 399 Å². The van der Waals surface area contributed by atoms with Gasteiger partial charge >= 0.3 is 30.3 Å². The molecule has 4 saturated carbocycles. The quantitative estimate of drug-likeness (QED) is 0.0189. The van der Waals surface area contributed by atoms with Gasteiger partial charge in [0.15, 0.2) is 0 Å². The second-order valence-electron chi connectivity index (χ2n) is 36.5. The number of carbonyl (C=O) groups excluding carboxylic acids is 9. The van der Waals surface area contributed by atoms with Gasteiger partial charge in [0.25, 0.3) is 0 Å². The molecule has 44 nitrogen and oxygen atoms in total. The van der Waals surface area contributed by atoms with E-state index in [1.807, 2.05) is 9.80 Å². The fraction of sp³-hybridized carbons (Fsp3) is 0.806. The van der Waals surface area contributed by atoms with E-state index >= 15 is 0 Å². The van der Waals surface area contributed by atoms with E-state index in [0.717, 1.165) is 103 Å². The van der Waals surface area contributed by atoms with Crippen molar-refractivity contribution in [1.82, 2.24) is 57.5 Å². The minimum Gasteiger partial charge on any atom is -0.469 e. The van der Waals surface area contributed by atoms with Crippen molar-refractivity contribution in [1.29, 1.82) is 0 Å². The number of amides is 8. The molecular formula is C103H164N14O30. The largest absolute Gasteiger partial charge is 0.469 e. The summed E-state index contributed by atoms with van der Waals surface area (Å²) < 4.78 is 120. The highest BCUT2D eigenvalue weighted by molar-refractivity contribution is 5.77. The molecule has 1 heterocycles. The minimum absolute atomic E-state index is 0.0108. The number of nitrogens with zero attached hydrogens (tertiary/aromatic N) is 5. The van der Waals surface area contributed by atoms with E-state index in [1.165, 1.54) is 7.11 Å². The first-order valence-corrected chi connectivity index (χ1v) is 53.1. The Bertz CT molecular complexity index is 3630. The van der Waals surface area contributed by atoms with Crippen LogP contribution in [0.1, 0.15) is 135 Å². The summed E-state index contributed by atoms with van der Waals surface area (Å²) in [7, 11) is 1.31. The van der Waals surface area contributed by atoms with E-state index in [-0.39, 0.29) is 291 Å². The Labute approximate surface area is 866 Å². The van der Waals surface area contributed by atoms with Crippen LogP contribution in [0.5, 0.6) is 0 Å². The van der Waals surface area contributed by atoms with Crippen molar-refractivity contribution in [3.8, 4) is 47.4 Å². The summed E-state index contributed by atoms with van der Waals surface area (Å²) in [6.45, 7) is 13.3. The van der Waals surface area contributed by atoms with Crippen molar-refractivity contribution in [3.63, 3.8) is 0 Å². The van der Waals surface area contributed by atoms with Gasteiger partial charge in [-0.25, -0.2) is 19.2 Å². The lowest BCUT2D eigenvalue weighted by Crippen LogP contribution is -2.36. The number of alkyl carbamates (subject to hydrolysis) is 4. The van der Waals surface area contributed by atoms with Crippen LogP contribution in [0.3, 0.4) is 0 Å². The topological polar surface area (TPSA) is 501 Å². The summed E-state index contributed by atoms with van der Waals surface area (Å²) >= 11 is 0. The molecule has 147 heavy (non-hydrogen) atoms. The Morgan fingerprint density at radius 2 is 0.435 bits per heavy atom. The fourth-order valence-corrected chi connectivity index (χ4v) is 18.0. The Balaban J connectivity index is 0.677. The number of carbonyl (C=O) groups is 9. The molecule has 9 rings (SSSR count). The number of ether oxygens (including phenoxy) is 21. The molecule has 1 aromatic heterocycles. The lowest BCUT2D eigenvalue weighted by atomic mass is 10.1. The van der Waals surface area contributed by atoms with Gasteiger partial charge < -0.3 is 157 Å². The van der Waals surface area contributed by atoms with Crippen LogP contribution in [0.4, 0.5) is 37.0 Å². The number of hydrogen-bond acceptors (Lipinski definition) is 36. The number of fused-ring (bicyclic) bond motifs is 4. The monoisotopic (exact) mass is 2080 g/mol. The highest BCUT2D eigenvalue weighted by Crippen LogP contribution is 2.55. The van der Waals surface area contributed by atoms with Gasteiger partial charge in [-0.3, -0.25) is 24.0 Å². The van der Waals surface area contributed by atoms with Gasteiger partial charge in [0, 0.05) is 162 Å². The molecule has 8 amide bonds. The Morgan fingerprint density at radius 3 is 0.639 bits per heavy atom. The second kappa shape index (κ2) is 77.7. The number of aromatic nitrogens is 3. The summed E-state index contributed by atoms with van der Waals surface area (Å²) in [5.41, 5.74) is 0. The maximum Gasteiger partial charge on any atom is 0.407 e. The summed E-state index contributed by atoms with van der Waals surface area (Å²) in [6.07, 6.45) is 14.3. The SMILES string of the molecule is COC(=O)CCNc1nc(N(CCOCCOCCOCCOCCC(=O)NCCNC(=O)OC[C@H]2[C@@H]3CCC#CCC[C@@H]32)CCOCCOCCOCCOCCC(=O)NCCNC(=O)OC[C@H]2[C@@H]3CCC#CCC[C@@H]32)nc(N(CCOCCOCCOCCOCCC(=O)NCCNC(=O)OC[C@H]2[C@@H]3CCC#CCC[C@@H]32)CCOCCOCCOCCOCCC(=O)NCCNC(=O)OC[C@H]2[C@@H]3CCC#CCC[C@@H]32)n1. The minimum atomic E-state index is -0.486. The number of nitrogens with one attached hydrogen (secondary N) is 9. The second-order valence-corrected chi connectivity index (χ2v) is 36.5. The molecule has 4 fully saturated rings. The van der Waals surface area contributed by atoms with E-state index in [9.17, 15) is 43.2 Å². The predicted molar refractivity (Wildman–Crippen MR) is 537 cm³/mol. The van der Waals surface area contributed by atoms with Crippen LogP contribution in [0.25, 0.3) is 0 Å². The molecule has 9 N–H and O–H groups in total. The maximum absolute atomic E-state index is 12.4. The molecule has 0 bridgehead atoms. The highest BCUT2D eigenvalue weighted by atomic mass is 16.6. The summed E-state index contributed by atoms with van der Waals surface area (Å²) in [5.74, 6) is 31.3. The van der Waals surface area contributed by atoms with Crippen LogP contribution in [0.2, 0.25) is 0 Å². The molecular weight excluding hydrogens is 1910 g/mol. The van der Waals surface area contributed by atoms with Crippen LogP contribution in [0.15, 0.2) is 0 Å². The van der Waals surface area contributed by atoms with Gasteiger partial charge in [-0.15, -0.1) is 47.4 Å². The molecule has 826 valence electrons. The molecule has 8 aliphatic carbocycles. The Hall–Kier alpha value is -9.56. The molecule has 0 radical (unpaired) electrons. The van der Waals surface area contributed by atoms with Crippen LogP contribution in [0, 0.1) is 118 Å². The van der Waals surface area contributed by atoms with E-state index < -0.39 is 30.3 Å². The summed E-state index contributed by atoms with van der Waals surface area (Å²) in [5, 5.41) is 25.1. The number of esters is 1. The van der Waals surface area contributed by atoms with Gasteiger partial charge in [0.1, 0.15) is 0 Å². The van der Waals surface area contributed by atoms with Crippen molar-refractivity contribution < 1.29 is 143 Å². The van der Waals surface area contributed by atoms with E-state index in [2.05, 4.69) is 95.2 Å². The van der Waals surface area contributed by atoms with Gasteiger partial charge in [-0.05, 0) is 122 Å². The average Bonchev–Trinajstić information content (AvgIpc) is 1.64. The molecule has 12 atom stereocenters. The molecule has 0 saturated heterocycles. The van der Waals surface area contributed by atoms with Gasteiger partial charge in [-0.1, -0.05) is 0 Å². The molecule has 8 aliphatic rings. The van der Waals surface area contributed by atoms with Crippen molar-refractivity contribution in [2.45, 2.75) is 135 Å². The first kappa shape index (κ1) is 121. The molecule has 0 aromatic carbocycles. The Morgan fingerprint density at radius 1 is 0.245 bits per heavy atom. The zero-order valence-corrected chi connectivity index (χ0v) is 86.4.